The second-order valence-corrected chi connectivity index (χ2v) is 9.35. The van der Waals surface area contributed by atoms with E-state index in [4.69, 9.17) is 5.73 Å². The number of nitrogen functional groups attached to an aromatic ring is 1. The Morgan fingerprint density at radius 2 is 1.81 bits per heavy atom. The molecule has 10 heteroatoms. The summed E-state index contributed by atoms with van der Waals surface area (Å²) in [6, 6.07) is 8.33. The Hall–Kier alpha value is -3.27. The average Bonchev–Trinajstić information content (AvgIpc) is 3.25. The van der Waals surface area contributed by atoms with Crippen molar-refractivity contribution in [2.24, 2.45) is 0 Å². The first kappa shape index (κ1) is 27.3. The molecule has 0 amide bonds. The standard InChI is InChI=1S/C16H21F3N4.C10H8F2O/c1-15(2,23-10-13(20)22-11-23)8-9-21-14(16(17,18)19)12-6-4-3-5-7-12;11-7-3-6-1-2-8(13)5-9(6)10(12)4-7/h3-7,10-11,14,21H,8-9,20H2,1-2H3;3-4H,1-2,5H2. The van der Waals surface area contributed by atoms with E-state index in [1.54, 1.807) is 30.7 Å². The summed E-state index contributed by atoms with van der Waals surface area (Å²) < 4.78 is 67.4. The molecule has 0 aliphatic heterocycles. The van der Waals surface area contributed by atoms with Gasteiger partial charge in [0.15, 0.2) is 0 Å². The Bertz CT molecular complexity index is 1170. The van der Waals surface area contributed by atoms with E-state index in [0.717, 1.165) is 6.07 Å². The number of aromatic nitrogens is 2. The van der Waals surface area contributed by atoms with Crippen molar-refractivity contribution in [1.29, 1.82) is 0 Å². The van der Waals surface area contributed by atoms with Gasteiger partial charge in [0.25, 0.3) is 0 Å². The molecule has 3 N–H and O–H groups in total. The lowest BCUT2D eigenvalue weighted by Crippen LogP contribution is -2.37. The minimum Gasteiger partial charge on any atom is -0.382 e. The van der Waals surface area contributed by atoms with E-state index in [9.17, 15) is 26.7 Å². The molecule has 0 saturated heterocycles. The van der Waals surface area contributed by atoms with Gasteiger partial charge in [-0.05, 0) is 56.0 Å². The number of fused-ring (bicyclic) bond motifs is 1. The van der Waals surface area contributed by atoms with Gasteiger partial charge in [0.1, 0.15) is 29.3 Å². The summed E-state index contributed by atoms with van der Waals surface area (Å²) in [7, 11) is 0. The highest BCUT2D eigenvalue weighted by molar-refractivity contribution is 5.83. The van der Waals surface area contributed by atoms with Crippen LogP contribution in [0.3, 0.4) is 0 Å². The maximum Gasteiger partial charge on any atom is 0.407 e. The number of nitrogens with two attached hydrogens (primary N) is 1. The highest BCUT2D eigenvalue weighted by Crippen LogP contribution is 2.33. The van der Waals surface area contributed by atoms with E-state index >= 15 is 0 Å². The number of ketones is 1. The summed E-state index contributed by atoms with van der Waals surface area (Å²) >= 11 is 0. The molecule has 5 nitrogen and oxygen atoms in total. The predicted octanol–water partition coefficient (Wildman–Crippen LogP) is 5.51. The van der Waals surface area contributed by atoms with Gasteiger partial charge in [-0.3, -0.25) is 4.79 Å². The molecular formula is C26H29F5N4O. The highest BCUT2D eigenvalue weighted by atomic mass is 19.4. The van der Waals surface area contributed by atoms with E-state index in [1.165, 1.54) is 18.2 Å². The van der Waals surface area contributed by atoms with Crippen LogP contribution in [0.5, 0.6) is 0 Å². The Balaban J connectivity index is 0.000000233. The van der Waals surface area contributed by atoms with Gasteiger partial charge in [0, 0.05) is 30.6 Å². The maximum absolute atomic E-state index is 13.3. The van der Waals surface area contributed by atoms with Crippen LogP contribution in [-0.2, 0) is 23.2 Å². The van der Waals surface area contributed by atoms with Crippen LogP contribution in [0, 0.1) is 11.6 Å². The lowest BCUT2D eigenvalue weighted by molar-refractivity contribution is -0.157. The zero-order valence-electron chi connectivity index (χ0n) is 20.1. The van der Waals surface area contributed by atoms with Crippen LogP contribution in [0.1, 0.15) is 49.4 Å². The molecule has 36 heavy (non-hydrogen) atoms. The molecule has 0 radical (unpaired) electrons. The van der Waals surface area contributed by atoms with Crippen LogP contribution in [-0.4, -0.2) is 28.1 Å². The number of benzene rings is 2. The normalized spacial score (nSPS) is 14.6. The molecule has 0 saturated carbocycles. The molecule has 4 rings (SSSR count). The summed E-state index contributed by atoms with van der Waals surface area (Å²) in [5, 5.41) is 2.62. The summed E-state index contributed by atoms with van der Waals surface area (Å²) in [6.07, 6.45) is 0.402. The molecule has 0 fully saturated rings. The van der Waals surface area contributed by atoms with Crippen molar-refractivity contribution in [3.63, 3.8) is 0 Å². The molecule has 1 heterocycles. The van der Waals surface area contributed by atoms with Crippen molar-refractivity contribution in [2.75, 3.05) is 12.3 Å². The monoisotopic (exact) mass is 508 g/mol. The van der Waals surface area contributed by atoms with Crippen molar-refractivity contribution in [1.82, 2.24) is 14.9 Å². The first-order chi connectivity index (χ1) is 16.9. The smallest absolute Gasteiger partial charge is 0.382 e. The van der Waals surface area contributed by atoms with E-state index in [-0.39, 0.29) is 29.9 Å². The molecule has 1 atom stereocenters. The molecule has 194 valence electrons. The quantitative estimate of drug-likeness (QED) is 0.431. The van der Waals surface area contributed by atoms with E-state index in [0.29, 0.717) is 36.2 Å². The maximum atomic E-state index is 13.3. The van der Waals surface area contributed by atoms with Crippen LogP contribution in [0.15, 0.2) is 55.0 Å². The number of nitrogens with zero attached hydrogens (tertiary/aromatic N) is 2. The third-order valence-corrected chi connectivity index (χ3v) is 6.15. The summed E-state index contributed by atoms with van der Waals surface area (Å²) in [4.78, 5) is 15.0. The van der Waals surface area contributed by atoms with Crippen LogP contribution < -0.4 is 11.1 Å². The van der Waals surface area contributed by atoms with Crippen molar-refractivity contribution >= 4 is 11.6 Å². The third kappa shape index (κ3) is 7.13. The molecule has 3 aromatic rings. The van der Waals surface area contributed by atoms with Crippen LogP contribution >= 0.6 is 0 Å². The predicted molar refractivity (Wildman–Crippen MR) is 127 cm³/mol. The Morgan fingerprint density at radius 1 is 1.11 bits per heavy atom. The molecule has 1 aromatic heterocycles. The largest absolute Gasteiger partial charge is 0.407 e. The van der Waals surface area contributed by atoms with Crippen molar-refractivity contribution in [2.45, 2.75) is 57.3 Å². The second-order valence-electron chi connectivity index (χ2n) is 9.35. The van der Waals surface area contributed by atoms with E-state index in [1.807, 2.05) is 18.4 Å². The summed E-state index contributed by atoms with van der Waals surface area (Å²) in [6.45, 7) is 4.08. The molecule has 1 unspecified atom stereocenters. The van der Waals surface area contributed by atoms with Gasteiger partial charge >= 0.3 is 6.18 Å². The number of Topliss-reactive ketones (excluding diaryl/α,β-unsaturated/α-hetero) is 1. The van der Waals surface area contributed by atoms with Crippen LogP contribution in [0.25, 0.3) is 0 Å². The number of nitrogens with one attached hydrogen (secondary N) is 1. The zero-order chi connectivity index (χ0) is 26.5. The number of hydrogen-bond acceptors (Lipinski definition) is 4. The first-order valence-electron chi connectivity index (χ1n) is 11.5. The summed E-state index contributed by atoms with van der Waals surface area (Å²) in [5.74, 6) is -0.741. The Labute approximate surface area is 206 Å². The van der Waals surface area contributed by atoms with Crippen LogP contribution in [0.2, 0.25) is 0 Å². The van der Waals surface area contributed by atoms with Gasteiger partial charge in [0.05, 0.1) is 6.33 Å². The van der Waals surface area contributed by atoms with Crippen LogP contribution in [0.4, 0.5) is 27.8 Å². The number of rotatable bonds is 6. The number of aryl methyl sites for hydroxylation is 1. The number of hydrogen-bond donors (Lipinski definition) is 2. The van der Waals surface area contributed by atoms with Gasteiger partial charge in [-0.2, -0.15) is 13.2 Å². The van der Waals surface area contributed by atoms with E-state index in [2.05, 4.69) is 10.3 Å². The second kappa shape index (κ2) is 11.2. The molecule has 2 aromatic carbocycles. The number of carbonyl (C=O) groups is 1. The minimum absolute atomic E-state index is 0.0259. The number of carbonyl (C=O) groups excluding carboxylic acids is 1. The first-order valence-corrected chi connectivity index (χ1v) is 11.5. The van der Waals surface area contributed by atoms with Gasteiger partial charge < -0.3 is 15.6 Å². The van der Waals surface area contributed by atoms with Crippen molar-refractivity contribution in [3.05, 3.63) is 83.3 Å². The third-order valence-electron chi connectivity index (χ3n) is 6.15. The topological polar surface area (TPSA) is 72.9 Å². The number of imidazole rings is 1. The Kier molecular flexibility index (Phi) is 8.50. The number of halogens is 5. The lowest BCUT2D eigenvalue weighted by atomic mass is 9.90. The minimum atomic E-state index is -4.34. The van der Waals surface area contributed by atoms with Crippen molar-refractivity contribution in [3.8, 4) is 0 Å². The fourth-order valence-electron chi connectivity index (χ4n) is 4.03. The van der Waals surface area contributed by atoms with Gasteiger partial charge in [-0.1, -0.05) is 30.3 Å². The number of alkyl halides is 3. The average molecular weight is 509 g/mol. The lowest BCUT2D eigenvalue weighted by Gasteiger charge is -2.28. The van der Waals surface area contributed by atoms with Gasteiger partial charge in [-0.25, -0.2) is 13.8 Å². The van der Waals surface area contributed by atoms with Gasteiger partial charge in [0.2, 0.25) is 0 Å². The fourth-order valence-corrected chi connectivity index (χ4v) is 4.03. The summed E-state index contributed by atoms with van der Waals surface area (Å²) in [5.41, 5.74) is 6.43. The molecule has 1 aliphatic carbocycles. The molecular weight excluding hydrogens is 479 g/mol. The fraction of sp³-hybridized carbons (Fsp3) is 0.385. The van der Waals surface area contributed by atoms with E-state index < -0.39 is 23.9 Å². The molecule has 1 aliphatic rings. The van der Waals surface area contributed by atoms with Gasteiger partial charge in [-0.15, -0.1) is 0 Å². The molecule has 0 bridgehead atoms. The zero-order valence-corrected chi connectivity index (χ0v) is 20.1. The Morgan fingerprint density at radius 3 is 2.42 bits per heavy atom. The SMILES string of the molecule is CC(C)(CCNC(c1ccccc1)C(F)(F)F)n1cnc(N)c1.O=C1CCc2cc(F)cc(F)c2C1. The molecule has 0 spiro atoms. The number of anilines is 1. The highest BCUT2D eigenvalue weighted by Gasteiger charge is 2.40. The van der Waals surface area contributed by atoms with Crippen molar-refractivity contribution < 1.29 is 26.7 Å².